The van der Waals surface area contributed by atoms with Crippen molar-refractivity contribution in [3.05, 3.63) is 62.2 Å². The Morgan fingerprint density at radius 1 is 1.19 bits per heavy atom. The van der Waals surface area contributed by atoms with Crippen LogP contribution in [0.4, 0.5) is 0 Å². The number of aromatic nitrogens is 2. The molecular formula is C11H8Cl2N2O. The highest BCUT2D eigenvalue weighted by atomic mass is 35.5. The van der Waals surface area contributed by atoms with Crippen LogP contribution in [0.3, 0.4) is 0 Å². The minimum atomic E-state index is -0.535. The van der Waals surface area contributed by atoms with Crippen molar-refractivity contribution in [2.24, 2.45) is 0 Å². The molecule has 2 rings (SSSR count). The third-order valence-corrected chi connectivity index (χ3v) is 2.79. The maximum absolute atomic E-state index is 11.0. The molecule has 1 aromatic carbocycles. The smallest absolute Gasteiger partial charge is 0.296 e. The number of nitrogens with zero attached hydrogens (tertiary/aromatic N) is 1. The fourth-order valence-corrected chi connectivity index (χ4v) is 1.92. The minimum Gasteiger partial charge on any atom is -0.296 e. The van der Waals surface area contributed by atoms with Crippen LogP contribution in [-0.2, 0) is 6.42 Å². The van der Waals surface area contributed by atoms with Gasteiger partial charge in [-0.15, -0.1) is 0 Å². The van der Waals surface area contributed by atoms with E-state index in [-0.39, 0.29) is 10.3 Å². The van der Waals surface area contributed by atoms with Crippen molar-refractivity contribution in [1.29, 1.82) is 0 Å². The van der Waals surface area contributed by atoms with E-state index in [1.807, 2.05) is 30.3 Å². The predicted octanol–water partition coefficient (Wildman–Crippen LogP) is 2.67. The van der Waals surface area contributed by atoms with Gasteiger partial charge in [-0.1, -0.05) is 53.5 Å². The standard InChI is InChI=1S/C11H8Cl2N2O/c12-9-8(10(13)15-11(16)14-9)6-7-4-2-1-3-5-7/h1-5H,6H2,(H,14,15,16). The third-order valence-electron chi connectivity index (χ3n) is 2.15. The molecule has 82 valence electrons. The van der Waals surface area contributed by atoms with Crippen LogP contribution in [0.2, 0.25) is 10.3 Å². The first-order valence-electron chi connectivity index (χ1n) is 4.65. The molecule has 16 heavy (non-hydrogen) atoms. The van der Waals surface area contributed by atoms with Gasteiger partial charge in [0.25, 0.3) is 0 Å². The van der Waals surface area contributed by atoms with Crippen LogP contribution >= 0.6 is 23.2 Å². The Bertz CT molecular complexity index is 525. The predicted molar refractivity (Wildman–Crippen MR) is 64.1 cm³/mol. The molecule has 1 heterocycles. The van der Waals surface area contributed by atoms with Gasteiger partial charge in [0.1, 0.15) is 10.3 Å². The monoisotopic (exact) mass is 254 g/mol. The number of halogens is 2. The molecule has 0 radical (unpaired) electrons. The molecule has 1 aromatic heterocycles. The van der Waals surface area contributed by atoms with E-state index in [1.54, 1.807) is 0 Å². The van der Waals surface area contributed by atoms with Crippen molar-refractivity contribution in [1.82, 2.24) is 9.97 Å². The van der Waals surface area contributed by atoms with Crippen molar-refractivity contribution in [3.63, 3.8) is 0 Å². The number of hydrogen-bond acceptors (Lipinski definition) is 2. The lowest BCUT2D eigenvalue weighted by Crippen LogP contribution is -2.12. The van der Waals surface area contributed by atoms with Gasteiger partial charge in [-0.25, -0.2) is 4.79 Å². The second-order valence-electron chi connectivity index (χ2n) is 3.29. The Morgan fingerprint density at radius 2 is 1.88 bits per heavy atom. The SMILES string of the molecule is O=c1nc(Cl)c(Cc2ccccc2)c(Cl)[nH]1. The van der Waals surface area contributed by atoms with Crippen LogP contribution < -0.4 is 5.69 Å². The zero-order valence-electron chi connectivity index (χ0n) is 8.21. The van der Waals surface area contributed by atoms with E-state index < -0.39 is 5.69 Å². The molecule has 5 heteroatoms. The molecule has 0 unspecified atom stereocenters. The van der Waals surface area contributed by atoms with E-state index in [0.29, 0.717) is 12.0 Å². The van der Waals surface area contributed by atoms with Crippen LogP contribution in [0.1, 0.15) is 11.1 Å². The fraction of sp³-hybridized carbons (Fsp3) is 0.0909. The summed E-state index contributed by atoms with van der Waals surface area (Å²) in [7, 11) is 0. The molecule has 0 fully saturated rings. The Morgan fingerprint density at radius 3 is 2.50 bits per heavy atom. The minimum absolute atomic E-state index is 0.151. The van der Waals surface area contributed by atoms with Gasteiger partial charge in [0.15, 0.2) is 0 Å². The summed E-state index contributed by atoms with van der Waals surface area (Å²) in [5, 5.41) is 0.395. The quantitative estimate of drug-likeness (QED) is 0.838. The molecule has 0 saturated heterocycles. The average molecular weight is 255 g/mol. The van der Waals surface area contributed by atoms with Crippen molar-refractivity contribution < 1.29 is 0 Å². The zero-order chi connectivity index (χ0) is 11.5. The largest absolute Gasteiger partial charge is 0.347 e. The third kappa shape index (κ3) is 2.43. The van der Waals surface area contributed by atoms with Gasteiger partial charge in [0.2, 0.25) is 0 Å². The first-order chi connectivity index (χ1) is 7.66. The lowest BCUT2D eigenvalue weighted by atomic mass is 10.1. The molecule has 0 aliphatic heterocycles. The van der Waals surface area contributed by atoms with Gasteiger partial charge in [0, 0.05) is 12.0 Å². The van der Waals surface area contributed by atoms with Crippen LogP contribution in [0.25, 0.3) is 0 Å². The Balaban J connectivity index is 2.39. The summed E-state index contributed by atoms with van der Waals surface area (Å²) >= 11 is 11.8. The molecule has 2 aromatic rings. The van der Waals surface area contributed by atoms with E-state index in [4.69, 9.17) is 23.2 Å². The fourth-order valence-electron chi connectivity index (χ4n) is 1.39. The highest BCUT2D eigenvalue weighted by molar-refractivity contribution is 6.34. The Hall–Kier alpha value is -1.32. The highest BCUT2D eigenvalue weighted by Gasteiger charge is 2.09. The van der Waals surface area contributed by atoms with E-state index >= 15 is 0 Å². The number of nitrogens with one attached hydrogen (secondary N) is 1. The summed E-state index contributed by atoms with van der Waals surface area (Å²) in [6.07, 6.45) is 0.544. The lowest BCUT2D eigenvalue weighted by molar-refractivity contribution is 1.02. The topological polar surface area (TPSA) is 45.8 Å². The molecular weight excluding hydrogens is 247 g/mol. The molecule has 1 N–H and O–H groups in total. The van der Waals surface area contributed by atoms with Crippen LogP contribution in [0, 0.1) is 0 Å². The second kappa shape index (κ2) is 4.68. The summed E-state index contributed by atoms with van der Waals surface area (Å²) in [5.41, 5.74) is 1.15. The molecule has 0 saturated carbocycles. The molecule has 0 aliphatic rings. The van der Waals surface area contributed by atoms with Crippen molar-refractivity contribution in [3.8, 4) is 0 Å². The zero-order valence-corrected chi connectivity index (χ0v) is 9.72. The summed E-state index contributed by atoms with van der Waals surface area (Å²) in [5.74, 6) is 0. The summed E-state index contributed by atoms with van der Waals surface area (Å²) in [6.45, 7) is 0. The van der Waals surface area contributed by atoms with Gasteiger partial charge < -0.3 is 0 Å². The number of aromatic amines is 1. The number of benzene rings is 1. The number of H-pyrrole nitrogens is 1. The van der Waals surface area contributed by atoms with Gasteiger partial charge >= 0.3 is 5.69 Å². The summed E-state index contributed by atoms with van der Waals surface area (Å²) in [6, 6.07) is 9.69. The van der Waals surface area contributed by atoms with Gasteiger partial charge in [-0.2, -0.15) is 4.98 Å². The molecule has 0 aliphatic carbocycles. The maximum atomic E-state index is 11.0. The lowest BCUT2D eigenvalue weighted by Gasteiger charge is -2.05. The highest BCUT2D eigenvalue weighted by Crippen LogP contribution is 2.21. The van der Waals surface area contributed by atoms with Crippen molar-refractivity contribution in [2.45, 2.75) is 6.42 Å². The molecule has 3 nitrogen and oxygen atoms in total. The van der Waals surface area contributed by atoms with Crippen LogP contribution in [-0.4, -0.2) is 9.97 Å². The van der Waals surface area contributed by atoms with Crippen molar-refractivity contribution >= 4 is 23.2 Å². The first kappa shape index (κ1) is 11.2. The number of rotatable bonds is 2. The van der Waals surface area contributed by atoms with Gasteiger partial charge in [0.05, 0.1) is 0 Å². The Labute approximate surface area is 102 Å². The molecule has 0 amide bonds. The molecule has 0 bridgehead atoms. The van der Waals surface area contributed by atoms with Crippen LogP contribution in [0.5, 0.6) is 0 Å². The summed E-state index contributed by atoms with van der Waals surface area (Å²) < 4.78 is 0. The Kier molecular flexibility index (Phi) is 3.27. The van der Waals surface area contributed by atoms with E-state index in [9.17, 15) is 4.79 Å². The first-order valence-corrected chi connectivity index (χ1v) is 5.40. The maximum Gasteiger partial charge on any atom is 0.347 e. The average Bonchev–Trinajstić information content (AvgIpc) is 2.25. The number of hydrogen-bond donors (Lipinski definition) is 1. The van der Waals surface area contributed by atoms with Gasteiger partial charge in [-0.05, 0) is 5.56 Å². The summed E-state index contributed by atoms with van der Waals surface area (Å²) in [4.78, 5) is 17.0. The van der Waals surface area contributed by atoms with E-state index in [2.05, 4.69) is 9.97 Å². The van der Waals surface area contributed by atoms with E-state index in [0.717, 1.165) is 5.56 Å². The van der Waals surface area contributed by atoms with Gasteiger partial charge in [-0.3, -0.25) is 4.98 Å². The van der Waals surface area contributed by atoms with E-state index in [1.165, 1.54) is 0 Å². The second-order valence-corrected chi connectivity index (χ2v) is 4.02. The normalized spacial score (nSPS) is 10.4. The van der Waals surface area contributed by atoms with Crippen LogP contribution in [0.15, 0.2) is 35.1 Å². The van der Waals surface area contributed by atoms with Crippen molar-refractivity contribution in [2.75, 3.05) is 0 Å². The molecule has 0 spiro atoms. The molecule has 0 atom stereocenters.